The van der Waals surface area contributed by atoms with Gasteiger partial charge in [0.15, 0.2) is 0 Å². The van der Waals surface area contributed by atoms with Crippen LogP contribution in [0.1, 0.15) is 12.0 Å². The van der Waals surface area contributed by atoms with Crippen LogP contribution in [-0.2, 0) is 17.4 Å². The van der Waals surface area contributed by atoms with Crippen LogP contribution in [0.4, 0.5) is 5.69 Å². The number of benzene rings is 1. The third-order valence-corrected chi connectivity index (χ3v) is 2.94. The first kappa shape index (κ1) is 9.21. The van der Waals surface area contributed by atoms with Crippen molar-refractivity contribution in [2.75, 3.05) is 0 Å². The largest absolute Gasteiger partial charge is 0.260 e. The van der Waals surface area contributed by atoms with Gasteiger partial charge in [0.05, 0.1) is 10.6 Å². The maximum Gasteiger partial charge on any atom is 0.215 e. The second-order valence-electron chi connectivity index (χ2n) is 2.94. The van der Waals surface area contributed by atoms with Crippen LogP contribution in [0.25, 0.3) is 0 Å². The van der Waals surface area contributed by atoms with Crippen molar-refractivity contribution >= 4 is 22.9 Å². The molecular weight excluding hydrogens is 200 g/mol. The van der Waals surface area contributed by atoms with E-state index in [0.717, 1.165) is 18.4 Å². The van der Waals surface area contributed by atoms with Crippen LogP contribution in [0.3, 0.4) is 0 Å². The summed E-state index contributed by atoms with van der Waals surface area (Å²) >= 11 is 0. The molecule has 1 unspecified atom stereocenters. The number of para-hydroxylation sites is 1. The molecule has 1 aliphatic heterocycles. The summed E-state index contributed by atoms with van der Waals surface area (Å²) in [5.41, 5.74) is 1.68. The number of aliphatic imine (C=N–C) groups is 1. The van der Waals surface area contributed by atoms with E-state index in [4.69, 9.17) is 0 Å². The van der Waals surface area contributed by atoms with Crippen molar-refractivity contribution in [3.63, 3.8) is 0 Å². The van der Waals surface area contributed by atoms with Crippen molar-refractivity contribution in [3.8, 4) is 0 Å². The Balaban J connectivity index is 2.57. The lowest BCUT2D eigenvalue weighted by Crippen LogP contribution is -1.97. The summed E-state index contributed by atoms with van der Waals surface area (Å²) in [5.74, 6) is 0. The summed E-state index contributed by atoms with van der Waals surface area (Å²) in [6.07, 6.45) is 3.54. The molecule has 1 aliphatic rings. The normalized spacial score (nSPS) is 16.0. The Kier molecular flexibility index (Phi) is 2.49. The summed E-state index contributed by atoms with van der Waals surface area (Å²) in [7, 11) is -1.82. The lowest BCUT2D eigenvalue weighted by Gasteiger charge is -2.10. The minimum Gasteiger partial charge on any atom is -0.260 e. The number of nitroso groups, excluding NO2 is 1. The zero-order valence-electron chi connectivity index (χ0n) is 7.34. The molecule has 0 radical (unpaired) electrons. The summed E-state index contributed by atoms with van der Waals surface area (Å²) in [6, 6.07) is 5.33. The Morgan fingerprint density at radius 3 is 3.07 bits per heavy atom. The molecule has 0 N–H and O–H groups in total. The van der Waals surface area contributed by atoms with E-state index in [1.165, 1.54) is 0 Å². The molecule has 0 saturated heterocycles. The van der Waals surface area contributed by atoms with Gasteiger partial charge in [-0.3, -0.25) is 4.99 Å². The molecular formula is C9H8N2O2S. The van der Waals surface area contributed by atoms with E-state index in [0.29, 0.717) is 10.6 Å². The highest BCUT2D eigenvalue weighted by atomic mass is 32.2. The lowest BCUT2D eigenvalue weighted by atomic mass is 10.1. The van der Waals surface area contributed by atoms with Gasteiger partial charge in [-0.15, -0.1) is 4.91 Å². The first-order valence-corrected chi connectivity index (χ1v) is 5.33. The van der Waals surface area contributed by atoms with Crippen LogP contribution >= 0.6 is 0 Å². The van der Waals surface area contributed by atoms with Gasteiger partial charge in [0, 0.05) is 10.8 Å². The average Bonchev–Trinajstić information content (AvgIpc) is 2.27. The van der Waals surface area contributed by atoms with Gasteiger partial charge in [0.25, 0.3) is 0 Å². The molecule has 0 bridgehead atoms. The average molecular weight is 208 g/mol. The number of fused-ring (bicyclic) bond motifs is 1. The highest BCUT2D eigenvalue weighted by Crippen LogP contribution is 2.30. The number of hydrogen-bond donors (Lipinski definition) is 0. The van der Waals surface area contributed by atoms with E-state index < -0.39 is 11.0 Å². The zero-order chi connectivity index (χ0) is 9.97. The summed E-state index contributed by atoms with van der Waals surface area (Å²) in [4.78, 5) is 14.7. The van der Waals surface area contributed by atoms with Crippen molar-refractivity contribution < 1.29 is 4.21 Å². The molecule has 14 heavy (non-hydrogen) atoms. The molecule has 1 atom stereocenters. The molecule has 0 aromatic heterocycles. The fraction of sp³-hybridized carbons (Fsp3) is 0.222. The second-order valence-corrected chi connectivity index (χ2v) is 4.03. The molecule has 4 nitrogen and oxygen atoms in total. The van der Waals surface area contributed by atoms with Gasteiger partial charge in [0.2, 0.25) is 11.0 Å². The number of nitrogens with zero attached hydrogens (tertiary/aromatic N) is 2. The lowest BCUT2D eigenvalue weighted by molar-refractivity contribution is 0.684. The van der Waals surface area contributed by atoms with E-state index in [1.807, 2.05) is 6.07 Å². The fourth-order valence-corrected chi connectivity index (χ4v) is 2.10. The van der Waals surface area contributed by atoms with E-state index in [1.54, 1.807) is 18.3 Å². The van der Waals surface area contributed by atoms with Crippen LogP contribution in [-0.4, -0.2) is 10.4 Å². The number of aryl methyl sites for hydroxylation is 1. The second kappa shape index (κ2) is 3.79. The van der Waals surface area contributed by atoms with Gasteiger partial charge in [-0.05, 0) is 24.5 Å². The molecule has 1 heterocycles. The standard InChI is InChI=1S/C9H8N2O2S/c12-11-14(13)8-5-1-3-7-4-2-6-10-9(7)8/h1,3,5-6H,2,4H2. The smallest absolute Gasteiger partial charge is 0.215 e. The van der Waals surface area contributed by atoms with Crippen LogP contribution in [0.5, 0.6) is 0 Å². The molecule has 0 aliphatic carbocycles. The third kappa shape index (κ3) is 1.50. The van der Waals surface area contributed by atoms with Gasteiger partial charge in [-0.2, -0.15) is 0 Å². The van der Waals surface area contributed by atoms with E-state index >= 15 is 0 Å². The van der Waals surface area contributed by atoms with Gasteiger partial charge in [-0.25, -0.2) is 4.21 Å². The summed E-state index contributed by atoms with van der Waals surface area (Å²) in [6.45, 7) is 0. The zero-order valence-corrected chi connectivity index (χ0v) is 8.16. The Hall–Kier alpha value is -1.36. The van der Waals surface area contributed by atoms with Crippen molar-refractivity contribution in [1.29, 1.82) is 0 Å². The van der Waals surface area contributed by atoms with Crippen molar-refractivity contribution in [1.82, 2.24) is 0 Å². The maximum absolute atomic E-state index is 11.2. The highest BCUT2D eigenvalue weighted by Gasteiger charge is 2.14. The molecule has 2 rings (SSSR count). The quantitative estimate of drug-likeness (QED) is 0.699. The minimum atomic E-state index is -1.82. The number of rotatable bonds is 2. The molecule has 1 aromatic carbocycles. The monoisotopic (exact) mass is 208 g/mol. The highest BCUT2D eigenvalue weighted by molar-refractivity contribution is 7.83. The molecule has 72 valence electrons. The minimum absolute atomic E-state index is 0.411. The molecule has 0 saturated carbocycles. The van der Waals surface area contributed by atoms with Crippen molar-refractivity contribution in [2.24, 2.45) is 9.57 Å². The van der Waals surface area contributed by atoms with Crippen molar-refractivity contribution in [3.05, 3.63) is 28.7 Å². The van der Waals surface area contributed by atoms with Gasteiger partial charge < -0.3 is 0 Å². The topological polar surface area (TPSA) is 58.9 Å². The molecule has 1 aromatic rings. The SMILES string of the molecule is O=NS(=O)c1cccc2c1N=CCC2. The number of hydrogen-bond acceptors (Lipinski definition) is 3. The van der Waals surface area contributed by atoms with Crippen LogP contribution in [0, 0.1) is 4.91 Å². The summed E-state index contributed by atoms with van der Waals surface area (Å²) in [5, 5.41) is 0. The fourth-order valence-electron chi connectivity index (χ4n) is 1.47. The van der Waals surface area contributed by atoms with Crippen molar-refractivity contribution in [2.45, 2.75) is 17.7 Å². The van der Waals surface area contributed by atoms with Gasteiger partial charge in [0.1, 0.15) is 0 Å². The molecule has 0 spiro atoms. The molecule has 0 amide bonds. The Morgan fingerprint density at radius 1 is 1.43 bits per heavy atom. The first-order chi connectivity index (χ1) is 6.83. The summed E-state index contributed by atoms with van der Waals surface area (Å²) < 4.78 is 13.8. The predicted molar refractivity (Wildman–Crippen MR) is 55.1 cm³/mol. The Bertz CT molecular complexity index is 429. The Morgan fingerprint density at radius 2 is 2.29 bits per heavy atom. The van der Waals surface area contributed by atoms with Gasteiger partial charge in [-0.1, -0.05) is 12.1 Å². The first-order valence-electron chi connectivity index (χ1n) is 4.22. The van der Waals surface area contributed by atoms with Gasteiger partial charge >= 0.3 is 0 Å². The van der Waals surface area contributed by atoms with E-state index in [9.17, 15) is 9.12 Å². The van der Waals surface area contributed by atoms with Crippen LogP contribution in [0.2, 0.25) is 0 Å². The predicted octanol–water partition coefficient (Wildman–Crippen LogP) is 2.12. The third-order valence-electron chi connectivity index (χ3n) is 2.10. The van der Waals surface area contributed by atoms with Crippen LogP contribution < -0.4 is 0 Å². The van der Waals surface area contributed by atoms with Crippen LogP contribution in [0.15, 0.2) is 32.7 Å². The van der Waals surface area contributed by atoms with E-state index in [2.05, 4.69) is 9.57 Å². The van der Waals surface area contributed by atoms with E-state index in [-0.39, 0.29) is 0 Å². The maximum atomic E-state index is 11.2. The molecule has 0 fully saturated rings. The Labute approximate surface area is 83.6 Å². The molecule has 5 heteroatoms.